The van der Waals surface area contributed by atoms with E-state index >= 15 is 0 Å². The normalized spacial score (nSPS) is 22.7. The summed E-state index contributed by atoms with van der Waals surface area (Å²) in [4.78, 5) is 16.9. The van der Waals surface area contributed by atoms with Gasteiger partial charge in [0.1, 0.15) is 11.4 Å². The molecule has 2 aromatic rings. The van der Waals surface area contributed by atoms with Crippen molar-refractivity contribution in [2.45, 2.75) is 32.2 Å². The molecule has 25 heavy (non-hydrogen) atoms. The third-order valence-electron chi connectivity index (χ3n) is 4.87. The number of carbonyl (C=O) groups is 1. The van der Waals surface area contributed by atoms with Crippen LogP contribution in [0.15, 0.2) is 42.5 Å². The van der Waals surface area contributed by atoms with Gasteiger partial charge in [0.2, 0.25) is 0 Å². The maximum atomic E-state index is 13.0. The topological polar surface area (TPSA) is 23.6 Å². The van der Waals surface area contributed by atoms with Gasteiger partial charge in [0.15, 0.2) is 5.11 Å². The highest BCUT2D eigenvalue weighted by Gasteiger charge is 2.51. The van der Waals surface area contributed by atoms with E-state index in [1.807, 2.05) is 19.1 Å². The van der Waals surface area contributed by atoms with Gasteiger partial charge in [0.25, 0.3) is 5.91 Å². The molecule has 0 radical (unpaired) electrons. The van der Waals surface area contributed by atoms with Crippen molar-refractivity contribution < 1.29 is 4.79 Å². The average Bonchev–Trinajstić information content (AvgIpc) is 3.11. The van der Waals surface area contributed by atoms with Gasteiger partial charge in [0, 0.05) is 5.75 Å². The van der Waals surface area contributed by atoms with Crippen molar-refractivity contribution in [1.82, 2.24) is 4.90 Å². The molecule has 4 rings (SSSR count). The van der Waals surface area contributed by atoms with Crippen LogP contribution in [0.25, 0.3) is 0 Å². The fourth-order valence-electron chi connectivity index (χ4n) is 3.55. The number of rotatable bonds is 2. The lowest BCUT2D eigenvalue weighted by atomic mass is 10.1. The highest BCUT2D eigenvalue weighted by atomic mass is 32.2. The number of aryl methyl sites for hydroxylation is 3. The van der Waals surface area contributed by atoms with Gasteiger partial charge in [-0.3, -0.25) is 9.69 Å². The number of benzene rings is 2. The van der Waals surface area contributed by atoms with Crippen molar-refractivity contribution in [1.29, 1.82) is 0 Å². The molecule has 0 bridgehead atoms. The number of anilines is 1. The summed E-state index contributed by atoms with van der Waals surface area (Å²) in [7, 11) is 0. The second kappa shape index (κ2) is 6.15. The molecule has 2 atom stereocenters. The van der Waals surface area contributed by atoms with Gasteiger partial charge in [-0.05, 0) is 50.2 Å². The number of fused-ring (bicyclic) bond motifs is 1. The zero-order valence-corrected chi connectivity index (χ0v) is 16.2. The van der Waals surface area contributed by atoms with Crippen molar-refractivity contribution in [2.75, 3.05) is 10.7 Å². The molecule has 128 valence electrons. The summed E-state index contributed by atoms with van der Waals surface area (Å²) in [5.41, 5.74) is 5.61. The van der Waals surface area contributed by atoms with Crippen LogP contribution in [0.2, 0.25) is 0 Å². The molecule has 0 N–H and O–H groups in total. The van der Waals surface area contributed by atoms with Gasteiger partial charge < -0.3 is 4.90 Å². The molecule has 0 unspecified atom stereocenters. The lowest BCUT2D eigenvalue weighted by Gasteiger charge is -2.26. The van der Waals surface area contributed by atoms with Gasteiger partial charge in [-0.15, -0.1) is 11.8 Å². The molecule has 2 heterocycles. The predicted octanol–water partition coefficient (Wildman–Crippen LogP) is 4.36. The van der Waals surface area contributed by atoms with Gasteiger partial charge >= 0.3 is 0 Å². The van der Waals surface area contributed by atoms with Gasteiger partial charge in [-0.1, -0.05) is 47.5 Å². The lowest BCUT2D eigenvalue weighted by Crippen LogP contribution is -2.34. The van der Waals surface area contributed by atoms with Crippen LogP contribution in [0.3, 0.4) is 0 Å². The van der Waals surface area contributed by atoms with Gasteiger partial charge in [0.05, 0.1) is 5.69 Å². The van der Waals surface area contributed by atoms with Crippen molar-refractivity contribution >= 4 is 40.7 Å². The minimum absolute atomic E-state index is 0.0964. The monoisotopic (exact) mass is 368 g/mol. The Bertz CT molecular complexity index is 862. The first kappa shape index (κ1) is 16.6. The summed E-state index contributed by atoms with van der Waals surface area (Å²) in [6, 6.07) is 14.5. The van der Waals surface area contributed by atoms with Crippen molar-refractivity contribution in [3.8, 4) is 0 Å². The Morgan fingerprint density at radius 1 is 1.04 bits per heavy atom. The first-order chi connectivity index (χ1) is 12.0. The van der Waals surface area contributed by atoms with E-state index in [0.717, 1.165) is 17.0 Å². The van der Waals surface area contributed by atoms with Gasteiger partial charge in [-0.25, -0.2) is 0 Å². The molecule has 2 fully saturated rings. The molecule has 0 aliphatic carbocycles. The Balaban J connectivity index is 1.70. The highest BCUT2D eigenvalue weighted by molar-refractivity contribution is 7.99. The maximum absolute atomic E-state index is 13.0. The number of nitrogens with zero attached hydrogens (tertiary/aromatic N) is 2. The minimum Gasteiger partial charge on any atom is -0.319 e. The van der Waals surface area contributed by atoms with E-state index in [-0.39, 0.29) is 17.3 Å². The second-order valence-electron chi connectivity index (χ2n) is 6.77. The van der Waals surface area contributed by atoms with Crippen molar-refractivity contribution in [3.63, 3.8) is 0 Å². The Morgan fingerprint density at radius 3 is 2.40 bits per heavy atom. The summed E-state index contributed by atoms with van der Waals surface area (Å²) in [5, 5.41) is 0.732. The number of hydrogen-bond donors (Lipinski definition) is 0. The quantitative estimate of drug-likeness (QED) is 0.735. The molecule has 2 saturated heterocycles. The van der Waals surface area contributed by atoms with E-state index in [9.17, 15) is 4.79 Å². The van der Waals surface area contributed by atoms with E-state index < -0.39 is 0 Å². The summed E-state index contributed by atoms with van der Waals surface area (Å²) < 4.78 is 0. The number of amides is 1. The smallest absolute Gasteiger partial charge is 0.257 e. The van der Waals surface area contributed by atoms with E-state index in [1.165, 1.54) is 16.7 Å². The molecule has 2 aliphatic heterocycles. The lowest BCUT2D eigenvalue weighted by molar-refractivity contribution is -0.119. The zero-order valence-electron chi connectivity index (χ0n) is 14.5. The van der Waals surface area contributed by atoms with E-state index in [4.69, 9.17) is 12.2 Å². The summed E-state index contributed by atoms with van der Waals surface area (Å²) in [6.07, 6.45) is 0. The molecule has 0 aromatic heterocycles. The summed E-state index contributed by atoms with van der Waals surface area (Å²) >= 11 is 7.55. The molecule has 0 spiro atoms. The number of hydrogen-bond acceptors (Lipinski definition) is 3. The van der Waals surface area contributed by atoms with Crippen molar-refractivity contribution in [2.24, 2.45) is 0 Å². The van der Waals surface area contributed by atoms with Crippen LogP contribution >= 0.6 is 24.0 Å². The largest absolute Gasteiger partial charge is 0.319 e. The van der Waals surface area contributed by atoms with Crippen LogP contribution in [-0.2, 0) is 4.79 Å². The Hall–Kier alpha value is -1.85. The van der Waals surface area contributed by atoms with Gasteiger partial charge in [-0.2, -0.15) is 0 Å². The fourth-order valence-corrected chi connectivity index (χ4v) is 5.47. The summed E-state index contributed by atoms with van der Waals surface area (Å²) in [5.74, 6) is 0.873. The number of thioether (sulfide) groups is 1. The van der Waals surface area contributed by atoms with E-state index in [1.54, 1.807) is 16.7 Å². The maximum Gasteiger partial charge on any atom is 0.257 e. The fraction of sp³-hybridized carbons (Fsp3) is 0.300. The Morgan fingerprint density at radius 2 is 1.72 bits per heavy atom. The molecule has 2 aromatic carbocycles. The third kappa shape index (κ3) is 2.66. The molecule has 3 nitrogen and oxygen atoms in total. The second-order valence-corrected chi connectivity index (χ2v) is 8.24. The standard InChI is InChI=1S/C20H20N2OS2/c1-12-4-7-15(8-5-12)19-22-17(11-25-19)18(23)21(20(22)24)16-9-6-13(2)10-14(16)3/h4-10,17,19H,11H2,1-3H3/t17-,19+/m0/s1. The Kier molecular flexibility index (Phi) is 4.08. The van der Waals surface area contributed by atoms with Crippen LogP contribution in [0, 0.1) is 20.8 Å². The minimum atomic E-state index is -0.162. The zero-order chi connectivity index (χ0) is 17.7. The SMILES string of the molecule is Cc1ccc([C@H]2SC[C@H]3C(=O)N(c4ccc(C)cc4C)C(=S)N23)cc1. The molecule has 5 heteroatoms. The summed E-state index contributed by atoms with van der Waals surface area (Å²) in [6.45, 7) is 6.18. The number of thiocarbonyl (C=S) groups is 1. The van der Waals surface area contributed by atoms with Crippen LogP contribution < -0.4 is 4.90 Å². The Labute approximate surface area is 158 Å². The van der Waals surface area contributed by atoms with Crippen LogP contribution in [0.1, 0.15) is 27.6 Å². The molecular weight excluding hydrogens is 348 g/mol. The predicted molar refractivity (Wildman–Crippen MR) is 108 cm³/mol. The molecule has 2 aliphatic rings. The van der Waals surface area contributed by atoms with E-state index in [2.05, 4.69) is 49.1 Å². The third-order valence-corrected chi connectivity index (χ3v) is 6.59. The van der Waals surface area contributed by atoms with Crippen molar-refractivity contribution in [3.05, 3.63) is 64.7 Å². The van der Waals surface area contributed by atoms with Crippen LogP contribution in [0.5, 0.6) is 0 Å². The number of carbonyl (C=O) groups excluding carboxylic acids is 1. The highest BCUT2D eigenvalue weighted by Crippen LogP contribution is 2.46. The van der Waals surface area contributed by atoms with E-state index in [0.29, 0.717) is 5.11 Å². The molecular formula is C20H20N2OS2. The van der Waals surface area contributed by atoms with Crippen LogP contribution in [-0.4, -0.2) is 27.7 Å². The molecule has 1 amide bonds. The average molecular weight is 369 g/mol. The van der Waals surface area contributed by atoms with Crippen LogP contribution in [0.4, 0.5) is 5.69 Å². The molecule has 0 saturated carbocycles. The first-order valence-corrected chi connectivity index (χ1v) is 9.85. The first-order valence-electron chi connectivity index (χ1n) is 8.39.